The summed E-state index contributed by atoms with van der Waals surface area (Å²) < 4.78 is 5.38. The first kappa shape index (κ1) is 15.8. The van der Waals surface area contributed by atoms with Gasteiger partial charge in [0.1, 0.15) is 0 Å². The molecule has 0 aliphatic carbocycles. The molecule has 1 aliphatic heterocycles. The van der Waals surface area contributed by atoms with Gasteiger partial charge < -0.3 is 10.1 Å². The molecule has 2 N–H and O–H groups in total. The number of hydrogen-bond donors (Lipinski definition) is 2. The number of benzene rings is 1. The fourth-order valence-electron chi connectivity index (χ4n) is 2.40. The fraction of sp³-hybridized carbons (Fsp3) is 0.562. The third-order valence-corrected chi connectivity index (χ3v) is 3.69. The molecule has 0 spiro atoms. The van der Waals surface area contributed by atoms with Gasteiger partial charge in [-0.1, -0.05) is 37.3 Å². The first-order valence-electron chi connectivity index (χ1n) is 7.65. The van der Waals surface area contributed by atoms with Crippen molar-refractivity contribution in [2.75, 3.05) is 13.2 Å². The molecule has 1 aliphatic rings. The first-order valence-corrected chi connectivity index (χ1v) is 7.65. The molecule has 1 fully saturated rings. The van der Waals surface area contributed by atoms with Crippen LogP contribution in [0.15, 0.2) is 30.3 Å². The van der Waals surface area contributed by atoms with Crippen LogP contribution in [0.5, 0.6) is 0 Å². The van der Waals surface area contributed by atoms with Crippen molar-refractivity contribution in [3.05, 3.63) is 35.9 Å². The molecule has 116 valence electrons. The first-order chi connectivity index (χ1) is 10.3. The van der Waals surface area contributed by atoms with Gasteiger partial charge in [0.2, 0.25) is 0 Å². The Morgan fingerprint density at radius 2 is 2.19 bits per heavy atom. The van der Waals surface area contributed by atoms with Crippen LogP contribution in [0, 0.1) is 0 Å². The molecule has 0 aromatic heterocycles. The van der Waals surface area contributed by atoms with Crippen molar-refractivity contribution in [1.29, 1.82) is 0 Å². The lowest BCUT2D eigenvalue weighted by Gasteiger charge is -2.22. The number of ether oxygens (including phenoxy) is 1. The summed E-state index contributed by atoms with van der Waals surface area (Å²) in [6, 6.07) is 9.87. The second kappa shape index (κ2) is 8.64. The third-order valence-electron chi connectivity index (χ3n) is 3.69. The Bertz CT molecular complexity index is 419. The number of urea groups is 1. The van der Waals surface area contributed by atoms with Crippen LogP contribution in [0.4, 0.5) is 4.79 Å². The van der Waals surface area contributed by atoms with Crippen molar-refractivity contribution in [3.63, 3.8) is 0 Å². The molecule has 0 saturated carbocycles. The largest absolute Gasteiger partial charge is 0.350 e. The quantitative estimate of drug-likeness (QED) is 0.793. The van der Waals surface area contributed by atoms with Crippen LogP contribution in [0.2, 0.25) is 0 Å². The Balaban J connectivity index is 1.69. The molecule has 1 saturated heterocycles. The van der Waals surface area contributed by atoms with Crippen molar-refractivity contribution in [2.24, 2.45) is 0 Å². The molecule has 2 unspecified atom stereocenters. The molecule has 1 heterocycles. The van der Waals surface area contributed by atoms with E-state index in [4.69, 9.17) is 9.57 Å². The normalized spacial score (nSPS) is 19.8. The van der Waals surface area contributed by atoms with E-state index < -0.39 is 0 Å². The van der Waals surface area contributed by atoms with Crippen molar-refractivity contribution in [2.45, 2.75) is 44.8 Å². The van der Waals surface area contributed by atoms with Gasteiger partial charge in [-0.15, -0.1) is 0 Å². The van der Waals surface area contributed by atoms with E-state index in [-0.39, 0.29) is 12.3 Å². The molecule has 21 heavy (non-hydrogen) atoms. The average molecular weight is 292 g/mol. The van der Waals surface area contributed by atoms with E-state index in [2.05, 4.69) is 29.9 Å². The maximum absolute atomic E-state index is 11.7. The minimum Gasteiger partial charge on any atom is -0.350 e. The van der Waals surface area contributed by atoms with Crippen LogP contribution >= 0.6 is 0 Å². The summed E-state index contributed by atoms with van der Waals surface area (Å²) in [6.07, 6.45) is 3.60. The highest BCUT2D eigenvalue weighted by atomic mass is 16.8. The summed E-state index contributed by atoms with van der Waals surface area (Å²) in [5.41, 5.74) is 3.64. The van der Waals surface area contributed by atoms with Gasteiger partial charge in [0.25, 0.3) is 0 Å². The molecule has 5 heteroatoms. The third kappa shape index (κ3) is 5.36. The second-order valence-corrected chi connectivity index (χ2v) is 5.24. The topological polar surface area (TPSA) is 59.6 Å². The molecule has 1 aromatic carbocycles. The summed E-state index contributed by atoms with van der Waals surface area (Å²) >= 11 is 0. The number of carbonyl (C=O) groups is 1. The molecule has 5 nitrogen and oxygen atoms in total. The highest BCUT2D eigenvalue weighted by Crippen LogP contribution is 2.17. The van der Waals surface area contributed by atoms with Crippen LogP contribution in [0.1, 0.15) is 44.1 Å². The van der Waals surface area contributed by atoms with E-state index in [1.54, 1.807) is 0 Å². The maximum atomic E-state index is 11.7. The van der Waals surface area contributed by atoms with E-state index in [0.717, 1.165) is 25.7 Å². The Labute approximate surface area is 126 Å². The lowest BCUT2D eigenvalue weighted by Crippen LogP contribution is -2.41. The van der Waals surface area contributed by atoms with E-state index in [9.17, 15) is 4.79 Å². The summed E-state index contributed by atoms with van der Waals surface area (Å²) in [4.78, 5) is 17.0. The van der Waals surface area contributed by atoms with Gasteiger partial charge in [-0.25, -0.2) is 15.1 Å². The molecular formula is C16H24N2O3. The Kier molecular flexibility index (Phi) is 6.50. The Hall–Kier alpha value is -1.59. The van der Waals surface area contributed by atoms with Crippen LogP contribution in [-0.2, 0) is 9.57 Å². The van der Waals surface area contributed by atoms with Crippen molar-refractivity contribution in [1.82, 2.24) is 10.8 Å². The molecule has 0 bridgehead atoms. The standard InChI is InChI=1S/C16H24N2O3/c1-2-13(14-8-4-3-5-9-14)12-17-16(19)18-21-15-10-6-7-11-20-15/h3-5,8-9,13,15H,2,6-7,10-12H2,1H3,(H2,17,18,19). The highest BCUT2D eigenvalue weighted by molar-refractivity contribution is 5.72. The van der Waals surface area contributed by atoms with E-state index in [1.165, 1.54) is 5.56 Å². The zero-order valence-corrected chi connectivity index (χ0v) is 12.5. The number of hydroxylamine groups is 1. The smallest absolute Gasteiger partial charge is 0.338 e. The lowest BCUT2D eigenvalue weighted by atomic mass is 9.97. The average Bonchev–Trinajstić information content (AvgIpc) is 2.55. The van der Waals surface area contributed by atoms with Crippen LogP contribution < -0.4 is 10.8 Å². The van der Waals surface area contributed by atoms with Gasteiger partial charge >= 0.3 is 6.03 Å². The maximum Gasteiger partial charge on any atom is 0.338 e. The Morgan fingerprint density at radius 3 is 2.86 bits per heavy atom. The second-order valence-electron chi connectivity index (χ2n) is 5.24. The molecule has 2 amide bonds. The van der Waals surface area contributed by atoms with Gasteiger partial charge in [-0.05, 0) is 24.8 Å². The van der Waals surface area contributed by atoms with Gasteiger partial charge in [0.05, 0.1) is 0 Å². The van der Waals surface area contributed by atoms with E-state index >= 15 is 0 Å². The Morgan fingerprint density at radius 1 is 1.38 bits per heavy atom. The molecule has 2 atom stereocenters. The van der Waals surface area contributed by atoms with Gasteiger partial charge in [0, 0.05) is 25.5 Å². The molecule has 1 aromatic rings. The summed E-state index contributed by atoms with van der Waals surface area (Å²) in [6.45, 7) is 3.39. The minimum atomic E-state index is -0.321. The monoisotopic (exact) mass is 292 g/mol. The molecule has 2 rings (SSSR count). The van der Waals surface area contributed by atoms with Crippen LogP contribution in [-0.4, -0.2) is 25.5 Å². The number of amides is 2. The number of rotatable bonds is 6. The zero-order chi connectivity index (χ0) is 14.9. The number of nitrogens with one attached hydrogen (secondary N) is 2. The van der Waals surface area contributed by atoms with Crippen LogP contribution in [0.25, 0.3) is 0 Å². The molecular weight excluding hydrogens is 268 g/mol. The van der Waals surface area contributed by atoms with Gasteiger partial charge in [0.15, 0.2) is 6.29 Å². The summed E-state index contributed by atoms with van der Waals surface area (Å²) in [5, 5.41) is 2.84. The summed E-state index contributed by atoms with van der Waals surface area (Å²) in [5.74, 6) is 0.308. The van der Waals surface area contributed by atoms with Crippen molar-refractivity contribution >= 4 is 6.03 Å². The van der Waals surface area contributed by atoms with E-state index in [0.29, 0.717) is 19.1 Å². The van der Waals surface area contributed by atoms with Crippen LogP contribution in [0.3, 0.4) is 0 Å². The van der Waals surface area contributed by atoms with Crippen molar-refractivity contribution < 1.29 is 14.4 Å². The predicted molar refractivity (Wildman–Crippen MR) is 80.7 cm³/mol. The zero-order valence-electron chi connectivity index (χ0n) is 12.5. The lowest BCUT2D eigenvalue weighted by molar-refractivity contribution is -0.186. The minimum absolute atomic E-state index is 0.308. The van der Waals surface area contributed by atoms with E-state index in [1.807, 2.05) is 18.2 Å². The predicted octanol–water partition coefficient (Wildman–Crippen LogP) is 2.94. The van der Waals surface area contributed by atoms with Crippen molar-refractivity contribution in [3.8, 4) is 0 Å². The fourth-order valence-corrected chi connectivity index (χ4v) is 2.40. The summed E-state index contributed by atoms with van der Waals surface area (Å²) in [7, 11) is 0. The SMILES string of the molecule is CCC(CNC(=O)NOC1CCCCO1)c1ccccc1. The van der Waals surface area contributed by atoms with Gasteiger partial charge in [-0.3, -0.25) is 0 Å². The molecule has 0 radical (unpaired) electrons. The number of carbonyl (C=O) groups excluding carboxylic acids is 1. The number of hydrogen-bond acceptors (Lipinski definition) is 3. The van der Waals surface area contributed by atoms with Gasteiger partial charge in [-0.2, -0.15) is 0 Å². The highest BCUT2D eigenvalue weighted by Gasteiger charge is 2.16.